The van der Waals surface area contributed by atoms with E-state index in [4.69, 9.17) is 0 Å². The SMILES string of the molecule is O=C(Nc1ncccc1O)C1CC1. The molecule has 1 fully saturated rings. The molecule has 1 saturated carbocycles. The first-order valence-electron chi connectivity index (χ1n) is 4.22. The van der Waals surface area contributed by atoms with E-state index in [9.17, 15) is 9.90 Å². The highest BCUT2D eigenvalue weighted by atomic mass is 16.3. The molecule has 1 aliphatic carbocycles. The average molecular weight is 178 g/mol. The van der Waals surface area contributed by atoms with Gasteiger partial charge in [-0.25, -0.2) is 4.98 Å². The fourth-order valence-corrected chi connectivity index (χ4v) is 1.06. The van der Waals surface area contributed by atoms with E-state index in [1.807, 2.05) is 0 Å². The number of nitrogens with zero attached hydrogens (tertiary/aromatic N) is 1. The van der Waals surface area contributed by atoms with Crippen molar-refractivity contribution in [2.24, 2.45) is 5.92 Å². The van der Waals surface area contributed by atoms with Crippen molar-refractivity contribution in [3.05, 3.63) is 18.3 Å². The average Bonchev–Trinajstić information content (AvgIpc) is 2.91. The second-order valence-electron chi connectivity index (χ2n) is 3.13. The van der Waals surface area contributed by atoms with Gasteiger partial charge in [0.1, 0.15) is 0 Å². The molecule has 0 spiro atoms. The number of aromatic nitrogens is 1. The van der Waals surface area contributed by atoms with Gasteiger partial charge in [0.05, 0.1) is 0 Å². The predicted molar refractivity (Wildman–Crippen MR) is 47.3 cm³/mol. The van der Waals surface area contributed by atoms with Crippen LogP contribution in [0.4, 0.5) is 5.82 Å². The van der Waals surface area contributed by atoms with Gasteiger partial charge >= 0.3 is 0 Å². The fraction of sp³-hybridized carbons (Fsp3) is 0.333. The maximum atomic E-state index is 11.3. The summed E-state index contributed by atoms with van der Waals surface area (Å²) in [6.45, 7) is 0. The minimum Gasteiger partial charge on any atom is -0.504 e. The van der Waals surface area contributed by atoms with Crippen LogP contribution in [-0.4, -0.2) is 16.0 Å². The summed E-state index contributed by atoms with van der Waals surface area (Å²) < 4.78 is 0. The number of rotatable bonds is 2. The molecule has 1 aromatic rings. The highest BCUT2D eigenvalue weighted by molar-refractivity contribution is 5.94. The van der Waals surface area contributed by atoms with E-state index in [1.54, 1.807) is 6.07 Å². The normalized spacial score (nSPS) is 15.4. The molecular weight excluding hydrogens is 168 g/mol. The van der Waals surface area contributed by atoms with E-state index in [1.165, 1.54) is 12.3 Å². The molecule has 13 heavy (non-hydrogen) atoms. The van der Waals surface area contributed by atoms with Gasteiger partial charge in [0, 0.05) is 12.1 Å². The molecule has 0 aromatic carbocycles. The minimum absolute atomic E-state index is 0.0106. The van der Waals surface area contributed by atoms with Crippen molar-refractivity contribution in [1.82, 2.24) is 4.98 Å². The molecule has 4 heteroatoms. The van der Waals surface area contributed by atoms with Crippen molar-refractivity contribution < 1.29 is 9.90 Å². The van der Waals surface area contributed by atoms with Crippen LogP contribution < -0.4 is 5.32 Å². The van der Waals surface area contributed by atoms with Gasteiger partial charge in [-0.2, -0.15) is 0 Å². The number of carbonyl (C=O) groups is 1. The molecule has 68 valence electrons. The lowest BCUT2D eigenvalue weighted by molar-refractivity contribution is -0.117. The van der Waals surface area contributed by atoms with Gasteiger partial charge in [-0.1, -0.05) is 0 Å². The molecule has 2 rings (SSSR count). The minimum atomic E-state index is -0.0472. The molecule has 0 saturated heterocycles. The molecule has 1 aliphatic rings. The number of aromatic hydroxyl groups is 1. The fourth-order valence-electron chi connectivity index (χ4n) is 1.06. The molecule has 0 atom stereocenters. The van der Waals surface area contributed by atoms with E-state index in [0.29, 0.717) is 0 Å². The van der Waals surface area contributed by atoms with Crippen molar-refractivity contribution >= 4 is 11.7 Å². The summed E-state index contributed by atoms with van der Waals surface area (Å²) >= 11 is 0. The molecule has 0 bridgehead atoms. The maximum absolute atomic E-state index is 11.3. The quantitative estimate of drug-likeness (QED) is 0.713. The summed E-state index contributed by atoms with van der Waals surface area (Å²) in [5, 5.41) is 11.9. The van der Waals surface area contributed by atoms with E-state index in [0.717, 1.165) is 12.8 Å². The van der Waals surface area contributed by atoms with E-state index >= 15 is 0 Å². The Morgan fingerprint density at radius 3 is 3.00 bits per heavy atom. The van der Waals surface area contributed by atoms with Crippen LogP contribution in [0, 0.1) is 5.92 Å². The molecule has 0 aliphatic heterocycles. The standard InChI is InChI=1S/C9H10N2O2/c12-7-2-1-5-10-8(7)11-9(13)6-3-4-6/h1-2,5-6,12H,3-4H2,(H,10,11,13). The highest BCUT2D eigenvalue weighted by Gasteiger charge is 2.30. The Bertz CT molecular complexity index is 334. The van der Waals surface area contributed by atoms with Crippen LogP contribution in [0.5, 0.6) is 5.75 Å². The zero-order valence-electron chi connectivity index (χ0n) is 7.03. The molecule has 2 N–H and O–H groups in total. The molecule has 1 heterocycles. The van der Waals surface area contributed by atoms with Gasteiger partial charge in [-0.3, -0.25) is 4.79 Å². The first-order chi connectivity index (χ1) is 6.27. The van der Waals surface area contributed by atoms with Crippen LogP contribution in [0.15, 0.2) is 18.3 Å². The summed E-state index contributed by atoms with van der Waals surface area (Å²) in [5.74, 6) is 0.339. The van der Waals surface area contributed by atoms with Gasteiger partial charge in [-0.05, 0) is 25.0 Å². The van der Waals surface area contributed by atoms with Crippen LogP contribution in [-0.2, 0) is 4.79 Å². The largest absolute Gasteiger partial charge is 0.504 e. The number of pyridine rings is 1. The summed E-state index contributed by atoms with van der Waals surface area (Å²) in [6, 6.07) is 3.11. The lowest BCUT2D eigenvalue weighted by Crippen LogP contribution is -2.14. The highest BCUT2D eigenvalue weighted by Crippen LogP contribution is 2.31. The molecule has 0 unspecified atom stereocenters. The van der Waals surface area contributed by atoms with E-state index in [-0.39, 0.29) is 23.4 Å². The molecular formula is C9H10N2O2. The van der Waals surface area contributed by atoms with Crippen molar-refractivity contribution in [3.63, 3.8) is 0 Å². The van der Waals surface area contributed by atoms with E-state index < -0.39 is 0 Å². The summed E-state index contributed by atoms with van der Waals surface area (Å²) in [5.41, 5.74) is 0. The zero-order chi connectivity index (χ0) is 9.26. The lowest BCUT2D eigenvalue weighted by atomic mass is 10.3. The predicted octanol–water partition coefficient (Wildman–Crippen LogP) is 1.14. The molecule has 0 radical (unpaired) electrons. The van der Waals surface area contributed by atoms with Gasteiger partial charge in [-0.15, -0.1) is 0 Å². The number of anilines is 1. The van der Waals surface area contributed by atoms with Gasteiger partial charge in [0.2, 0.25) is 5.91 Å². The first kappa shape index (κ1) is 8.04. The number of nitrogens with one attached hydrogen (secondary N) is 1. The van der Waals surface area contributed by atoms with Crippen LogP contribution in [0.1, 0.15) is 12.8 Å². The van der Waals surface area contributed by atoms with E-state index in [2.05, 4.69) is 10.3 Å². The van der Waals surface area contributed by atoms with Crippen LogP contribution in [0.25, 0.3) is 0 Å². The van der Waals surface area contributed by atoms with Gasteiger partial charge in [0.15, 0.2) is 11.6 Å². The summed E-state index contributed by atoms with van der Waals surface area (Å²) in [6.07, 6.45) is 3.42. The van der Waals surface area contributed by atoms with Crippen molar-refractivity contribution in [3.8, 4) is 5.75 Å². The summed E-state index contributed by atoms with van der Waals surface area (Å²) in [7, 11) is 0. The molecule has 4 nitrogen and oxygen atoms in total. The van der Waals surface area contributed by atoms with Crippen LogP contribution >= 0.6 is 0 Å². The second-order valence-corrected chi connectivity index (χ2v) is 3.13. The third-order valence-corrected chi connectivity index (χ3v) is 1.98. The van der Waals surface area contributed by atoms with Gasteiger partial charge < -0.3 is 10.4 Å². The van der Waals surface area contributed by atoms with Gasteiger partial charge in [0.25, 0.3) is 0 Å². The Balaban J connectivity index is 2.08. The monoisotopic (exact) mass is 178 g/mol. The maximum Gasteiger partial charge on any atom is 0.228 e. The number of hydrogen-bond acceptors (Lipinski definition) is 3. The van der Waals surface area contributed by atoms with Crippen LogP contribution in [0.2, 0.25) is 0 Å². The van der Waals surface area contributed by atoms with Crippen LogP contribution in [0.3, 0.4) is 0 Å². The third kappa shape index (κ3) is 1.77. The topological polar surface area (TPSA) is 62.2 Å². The van der Waals surface area contributed by atoms with Crippen molar-refractivity contribution in [2.75, 3.05) is 5.32 Å². The third-order valence-electron chi connectivity index (χ3n) is 1.98. The Morgan fingerprint density at radius 2 is 2.38 bits per heavy atom. The molecule has 1 aromatic heterocycles. The van der Waals surface area contributed by atoms with Crippen molar-refractivity contribution in [1.29, 1.82) is 0 Å². The van der Waals surface area contributed by atoms with Crippen molar-refractivity contribution in [2.45, 2.75) is 12.8 Å². The summed E-state index contributed by atoms with van der Waals surface area (Å²) in [4.78, 5) is 15.1. The first-order valence-corrected chi connectivity index (χ1v) is 4.22. The number of hydrogen-bond donors (Lipinski definition) is 2. The Labute approximate surface area is 75.6 Å². The molecule has 1 amide bonds. The second kappa shape index (κ2) is 3.05. The number of amides is 1. The Morgan fingerprint density at radius 1 is 1.62 bits per heavy atom. The zero-order valence-corrected chi connectivity index (χ0v) is 7.03. The Hall–Kier alpha value is -1.58. The smallest absolute Gasteiger partial charge is 0.228 e. The number of carbonyl (C=O) groups excluding carboxylic acids is 1. The Kier molecular flexibility index (Phi) is 1.88. The lowest BCUT2D eigenvalue weighted by Gasteiger charge is -2.03.